The van der Waals surface area contributed by atoms with Crippen LogP contribution in [0.3, 0.4) is 0 Å². The Hall–Kier alpha value is -0.720. The van der Waals surface area contributed by atoms with E-state index < -0.39 is 0 Å². The van der Waals surface area contributed by atoms with Crippen LogP contribution < -0.4 is 10.6 Å². The Balaban J connectivity index is 0.00000162. The number of halogens is 1. The number of anilines is 1. The lowest BCUT2D eigenvalue weighted by molar-refractivity contribution is -0.121. The van der Waals surface area contributed by atoms with Crippen LogP contribution in [0.5, 0.6) is 0 Å². The minimum atomic E-state index is 0. The first-order valence-corrected chi connectivity index (χ1v) is 6.74. The molecule has 0 saturated carbocycles. The predicted molar refractivity (Wildman–Crippen MR) is 75.4 cm³/mol. The highest BCUT2D eigenvalue weighted by atomic mass is 35.5. The van der Waals surface area contributed by atoms with E-state index in [0.29, 0.717) is 17.0 Å². The number of carbonyl (C=O) groups excluding carboxylic acids is 1. The summed E-state index contributed by atoms with van der Waals surface area (Å²) in [5.41, 5.74) is 0. The van der Waals surface area contributed by atoms with Crippen LogP contribution in [-0.4, -0.2) is 29.2 Å². The number of aromatic nitrogens is 2. The van der Waals surface area contributed by atoms with Crippen molar-refractivity contribution in [2.24, 2.45) is 11.8 Å². The predicted octanol–water partition coefficient (Wildman–Crippen LogP) is 1.88. The van der Waals surface area contributed by atoms with Gasteiger partial charge in [0.1, 0.15) is 5.01 Å². The Kier molecular flexibility index (Phi) is 5.49. The average molecular weight is 291 g/mol. The van der Waals surface area contributed by atoms with Gasteiger partial charge in [0.25, 0.3) is 0 Å². The summed E-state index contributed by atoms with van der Waals surface area (Å²) in [6.07, 6.45) is 0. The van der Waals surface area contributed by atoms with Gasteiger partial charge >= 0.3 is 0 Å². The monoisotopic (exact) mass is 290 g/mol. The minimum absolute atomic E-state index is 0. The highest BCUT2D eigenvalue weighted by Gasteiger charge is 2.29. The second-order valence-electron chi connectivity index (χ2n) is 4.80. The van der Waals surface area contributed by atoms with E-state index in [1.54, 1.807) is 0 Å². The molecule has 0 aliphatic carbocycles. The maximum Gasteiger partial charge on any atom is 0.229 e. The van der Waals surface area contributed by atoms with Crippen LogP contribution in [-0.2, 0) is 4.79 Å². The molecule has 1 aromatic heterocycles. The average Bonchev–Trinajstić information content (AvgIpc) is 2.63. The fraction of sp³-hybridized carbons (Fsp3) is 0.727. The molecule has 1 fully saturated rings. The largest absolute Gasteiger partial charge is 0.316 e. The fourth-order valence-electron chi connectivity index (χ4n) is 1.62. The van der Waals surface area contributed by atoms with Gasteiger partial charge in [-0.1, -0.05) is 32.1 Å². The fourth-order valence-corrected chi connectivity index (χ4v) is 2.36. The zero-order chi connectivity index (χ0) is 12.4. The third kappa shape index (κ3) is 3.40. The van der Waals surface area contributed by atoms with Crippen molar-refractivity contribution in [3.8, 4) is 0 Å². The summed E-state index contributed by atoms with van der Waals surface area (Å²) < 4.78 is 0. The Morgan fingerprint density at radius 1 is 1.39 bits per heavy atom. The molecule has 7 heteroatoms. The second kappa shape index (κ2) is 6.45. The van der Waals surface area contributed by atoms with E-state index in [-0.39, 0.29) is 24.2 Å². The van der Waals surface area contributed by atoms with E-state index in [9.17, 15) is 4.79 Å². The Morgan fingerprint density at radius 2 is 2.06 bits per heavy atom. The van der Waals surface area contributed by atoms with Crippen molar-refractivity contribution in [2.75, 3.05) is 18.4 Å². The highest BCUT2D eigenvalue weighted by Crippen LogP contribution is 2.24. The van der Waals surface area contributed by atoms with Crippen LogP contribution in [0.4, 0.5) is 5.13 Å². The molecule has 18 heavy (non-hydrogen) atoms. The SMILES string of the molecule is CC(C)c1nnc(NC(=O)C(C)C2CNC2)s1.Cl. The zero-order valence-electron chi connectivity index (χ0n) is 10.8. The van der Waals surface area contributed by atoms with E-state index in [1.807, 2.05) is 6.92 Å². The molecule has 0 aromatic carbocycles. The third-order valence-corrected chi connectivity index (χ3v) is 4.24. The van der Waals surface area contributed by atoms with Crippen LogP contribution in [0.2, 0.25) is 0 Å². The summed E-state index contributed by atoms with van der Waals surface area (Å²) >= 11 is 1.45. The first kappa shape index (κ1) is 15.3. The summed E-state index contributed by atoms with van der Waals surface area (Å²) in [5, 5.41) is 15.6. The Morgan fingerprint density at radius 3 is 2.50 bits per heavy atom. The summed E-state index contributed by atoms with van der Waals surface area (Å²) in [5.74, 6) is 0.879. The summed E-state index contributed by atoms with van der Waals surface area (Å²) in [4.78, 5) is 11.9. The summed E-state index contributed by atoms with van der Waals surface area (Å²) in [7, 11) is 0. The highest BCUT2D eigenvalue weighted by molar-refractivity contribution is 7.15. The maximum atomic E-state index is 11.9. The van der Waals surface area contributed by atoms with Crippen molar-refractivity contribution in [3.63, 3.8) is 0 Å². The van der Waals surface area contributed by atoms with Gasteiger partial charge in [-0.3, -0.25) is 4.79 Å². The lowest BCUT2D eigenvalue weighted by Crippen LogP contribution is -2.48. The summed E-state index contributed by atoms with van der Waals surface area (Å²) in [6, 6.07) is 0. The van der Waals surface area contributed by atoms with Gasteiger partial charge in [0, 0.05) is 11.8 Å². The van der Waals surface area contributed by atoms with Crippen LogP contribution in [0.1, 0.15) is 31.7 Å². The normalized spacial score (nSPS) is 16.9. The number of rotatable bonds is 4. The van der Waals surface area contributed by atoms with E-state index in [1.165, 1.54) is 11.3 Å². The molecule has 1 amide bonds. The van der Waals surface area contributed by atoms with Crippen molar-refractivity contribution >= 4 is 34.8 Å². The molecule has 1 aliphatic rings. The molecule has 2 N–H and O–H groups in total. The van der Waals surface area contributed by atoms with Crippen LogP contribution in [0.25, 0.3) is 0 Å². The molecule has 2 heterocycles. The number of amides is 1. The number of nitrogens with zero attached hydrogens (tertiary/aromatic N) is 2. The molecule has 1 aliphatic heterocycles. The molecular weight excluding hydrogens is 272 g/mol. The topological polar surface area (TPSA) is 66.9 Å². The molecule has 1 atom stereocenters. The van der Waals surface area contributed by atoms with Gasteiger partial charge < -0.3 is 10.6 Å². The smallest absolute Gasteiger partial charge is 0.229 e. The number of hydrogen-bond donors (Lipinski definition) is 2. The second-order valence-corrected chi connectivity index (χ2v) is 5.81. The van der Waals surface area contributed by atoms with Crippen LogP contribution >= 0.6 is 23.7 Å². The first-order chi connectivity index (χ1) is 8.08. The van der Waals surface area contributed by atoms with E-state index in [0.717, 1.165) is 18.1 Å². The van der Waals surface area contributed by atoms with Gasteiger partial charge in [0.05, 0.1) is 0 Å². The number of carbonyl (C=O) groups is 1. The van der Waals surface area contributed by atoms with Gasteiger partial charge in [-0.2, -0.15) is 0 Å². The van der Waals surface area contributed by atoms with E-state index in [2.05, 4.69) is 34.7 Å². The number of nitrogens with one attached hydrogen (secondary N) is 2. The Labute approximate surface area is 117 Å². The molecule has 2 rings (SSSR count). The molecule has 102 valence electrons. The maximum absolute atomic E-state index is 11.9. The van der Waals surface area contributed by atoms with Crippen LogP contribution in [0.15, 0.2) is 0 Å². The van der Waals surface area contributed by atoms with Gasteiger partial charge in [0.2, 0.25) is 11.0 Å². The molecule has 0 spiro atoms. The van der Waals surface area contributed by atoms with Crippen molar-refractivity contribution < 1.29 is 4.79 Å². The first-order valence-electron chi connectivity index (χ1n) is 5.93. The summed E-state index contributed by atoms with van der Waals surface area (Å²) in [6.45, 7) is 7.96. The molecule has 5 nitrogen and oxygen atoms in total. The molecule has 1 saturated heterocycles. The standard InChI is InChI=1S/C11H18N4OS.ClH/c1-6(2)10-14-15-11(17-10)13-9(16)7(3)8-4-12-5-8;/h6-8,12H,4-5H2,1-3H3,(H,13,15,16);1H. The molecule has 1 aromatic rings. The van der Waals surface area contributed by atoms with Crippen molar-refractivity contribution in [1.29, 1.82) is 0 Å². The molecule has 0 bridgehead atoms. The van der Waals surface area contributed by atoms with Gasteiger partial charge in [-0.15, -0.1) is 22.6 Å². The van der Waals surface area contributed by atoms with Gasteiger partial charge in [-0.05, 0) is 19.0 Å². The lowest BCUT2D eigenvalue weighted by Gasteiger charge is -2.31. The molecular formula is C11H19ClN4OS. The van der Waals surface area contributed by atoms with E-state index in [4.69, 9.17) is 0 Å². The quantitative estimate of drug-likeness (QED) is 0.888. The van der Waals surface area contributed by atoms with Crippen molar-refractivity contribution in [2.45, 2.75) is 26.7 Å². The zero-order valence-corrected chi connectivity index (χ0v) is 12.4. The lowest BCUT2D eigenvalue weighted by atomic mass is 9.88. The Bertz CT molecular complexity index is 406. The van der Waals surface area contributed by atoms with Gasteiger partial charge in [0.15, 0.2) is 0 Å². The van der Waals surface area contributed by atoms with Crippen molar-refractivity contribution in [1.82, 2.24) is 15.5 Å². The van der Waals surface area contributed by atoms with E-state index >= 15 is 0 Å². The third-order valence-electron chi connectivity index (χ3n) is 3.10. The van der Waals surface area contributed by atoms with Gasteiger partial charge in [-0.25, -0.2) is 0 Å². The molecule has 1 unspecified atom stereocenters. The van der Waals surface area contributed by atoms with Crippen molar-refractivity contribution in [3.05, 3.63) is 5.01 Å². The van der Waals surface area contributed by atoms with Crippen LogP contribution in [0, 0.1) is 11.8 Å². The minimum Gasteiger partial charge on any atom is -0.316 e. The molecule has 0 radical (unpaired) electrons. The number of hydrogen-bond acceptors (Lipinski definition) is 5.